The van der Waals surface area contributed by atoms with Crippen LogP contribution in [0.1, 0.15) is 11.1 Å². The highest BCUT2D eigenvalue weighted by atomic mass is 16.3. The first-order valence-corrected chi connectivity index (χ1v) is 5.18. The standard InChI is InChI=1S/C14H14O2/c1-9-3-4-10(2)14(16)13(9)11-5-7-12(15)8-6-11/h3-8,15-16H,1-2H3. The second-order valence-electron chi connectivity index (χ2n) is 3.97. The van der Waals surface area contributed by atoms with Crippen LogP contribution in [-0.2, 0) is 0 Å². The lowest BCUT2D eigenvalue weighted by atomic mass is 9.97. The Bertz CT molecular complexity index is 513. The van der Waals surface area contributed by atoms with Crippen LogP contribution in [0.3, 0.4) is 0 Å². The maximum Gasteiger partial charge on any atom is 0.126 e. The summed E-state index contributed by atoms with van der Waals surface area (Å²) in [6.45, 7) is 3.83. The molecule has 0 heterocycles. The number of rotatable bonds is 1. The molecule has 0 aliphatic rings. The molecule has 0 saturated heterocycles. The Morgan fingerprint density at radius 1 is 0.750 bits per heavy atom. The van der Waals surface area contributed by atoms with Crippen molar-refractivity contribution in [2.24, 2.45) is 0 Å². The quantitative estimate of drug-likeness (QED) is 0.764. The van der Waals surface area contributed by atoms with Crippen molar-refractivity contribution in [2.75, 3.05) is 0 Å². The maximum atomic E-state index is 10.0. The minimum Gasteiger partial charge on any atom is -0.508 e. The number of aromatic hydroxyl groups is 2. The first-order valence-electron chi connectivity index (χ1n) is 5.18. The van der Waals surface area contributed by atoms with Crippen molar-refractivity contribution in [2.45, 2.75) is 13.8 Å². The van der Waals surface area contributed by atoms with Crippen LogP contribution < -0.4 is 0 Å². The highest BCUT2D eigenvalue weighted by Crippen LogP contribution is 2.35. The van der Waals surface area contributed by atoms with Gasteiger partial charge < -0.3 is 10.2 Å². The van der Waals surface area contributed by atoms with Gasteiger partial charge in [-0.05, 0) is 42.7 Å². The molecule has 0 bridgehead atoms. The molecule has 82 valence electrons. The molecule has 0 spiro atoms. The van der Waals surface area contributed by atoms with E-state index in [0.29, 0.717) is 5.75 Å². The van der Waals surface area contributed by atoms with Gasteiger partial charge in [0.25, 0.3) is 0 Å². The van der Waals surface area contributed by atoms with Crippen molar-refractivity contribution in [3.63, 3.8) is 0 Å². The lowest BCUT2D eigenvalue weighted by Gasteiger charge is -2.11. The highest BCUT2D eigenvalue weighted by molar-refractivity contribution is 5.75. The largest absolute Gasteiger partial charge is 0.508 e. The summed E-state index contributed by atoms with van der Waals surface area (Å²) in [5.41, 5.74) is 3.62. The molecule has 2 nitrogen and oxygen atoms in total. The fourth-order valence-electron chi connectivity index (χ4n) is 1.79. The van der Waals surface area contributed by atoms with Gasteiger partial charge in [-0.3, -0.25) is 0 Å². The first-order chi connectivity index (χ1) is 7.59. The third-order valence-corrected chi connectivity index (χ3v) is 2.74. The Morgan fingerprint density at radius 3 is 1.94 bits per heavy atom. The van der Waals surface area contributed by atoms with Gasteiger partial charge >= 0.3 is 0 Å². The molecule has 2 rings (SSSR count). The predicted molar refractivity (Wildman–Crippen MR) is 64.7 cm³/mol. The van der Waals surface area contributed by atoms with Crippen LogP contribution in [0, 0.1) is 13.8 Å². The summed E-state index contributed by atoms with van der Waals surface area (Å²) in [5, 5.41) is 19.3. The molecular weight excluding hydrogens is 200 g/mol. The average molecular weight is 214 g/mol. The number of phenols is 2. The summed E-state index contributed by atoms with van der Waals surface area (Å²) >= 11 is 0. The SMILES string of the molecule is Cc1ccc(C)c(-c2ccc(O)cc2)c1O. The van der Waals surface area contributed by atoms with E-state index in [2.05, 4.69) is 0 Å². The van der Waals surface area contributed by atoms with Crippen molar-refractivity contribution in [1.82, 2.24) is 0 Å². The van der Waals surface area contributed by atoms with E-state index in [1.54, 1.807) is 24.3 Å². The van der Waals surface area contributed by atoms with Gasteiger partial charge in [0.05, 0.1) is 0 Å². The minimum atomic E-state index is 0.230. The zero-order valence-corrected chi connectivity index (χ0v) is 9.36. The maximum absolute atomic E-state index is 10.0. The van der Waals surface area contributed by atoms with Crippen molar-refractivity contribution in [3.8, 4) is 22.6 Å². The average Bonchev–Trinajstić information content (AvgIpc) is 2.27. The van der Waals surface area contributed by atoms with E-state index in [9.17, 15) is 10.2 Å². The van der Waals surface area contributed by atoms with Gasteiger partial charge in [0.15, 0.2) is 0 Å². The lowest BCUT2D eigenvalue weighted by molar-refractivity contribution is 0.471. The van der Waals surface area contributed by atoms with E-state index in [1.165, 1.54) is 0 Å². The van der Waals surface area contributed by atoms with Gasteiger partial charge in [-0.25, -0.2) is 0 Å². The summed E-state index contributed by atoms with van der Waals surface area (Å²) < 4.78 is 0. The van der Waals surface area contributed by atoms with Gasteiger partial charge in [-0.1, -0.05) is 24.3 Å². The van der Waals surface area contributed by atoms with E-state index in [-0.39, 0.29) is 5.75 Å². The summed E-state index contributed by atoms with van der Waals surface area (Å²) in [5.74, 6) is 0.541. The van der Waals surface area contributed by atoms with Crippen LogP contribution in [0.5, 0.6) is 11.5 Å². The minimum absolute atomic E-state index is 0.230. The van der Waals surface area contributed by atoms with E-state index in [4.69, 9.17) is 0 Å². The van der Waals surface area contributed by atoms with Crippen LogP contribution in [-0.4, -0.2) is 10.2 Å². The van der Waals surface area contributed by atoms with Crippen molar-refractivity contribution in [1.29, 1.82) is 0 Å². The summed E-state index contributed by atoms with van der Waals surface area (Å²) in [6.07, 6.45) is 0. The molecule has 0 unspecified atom stereocenters. The Hall–Kier alpha value is -1.96. The van der Waals surface area contributed by atoms with Crippen LogP contribution in [0.2, 0.25) is 0 Å². The summed E-state index contributed by atoms with van der Waals surface area (Å²) in [4.78, 5) is 0. The molecule has 0 radical (unpaired) electrons. The Kier molecular flexibility index (Phi) is 2.57. The van der Waals surface area contributed by atoms with E-state index in [0.717, 1.165) is 22.3 Å². The fraction of sp³-hybridized carbons (Fsp3) is 0.143. The third-order valence-electron chi connectivity index (χ3n) is 2.74. The number of hydrogen-bond donors (Lipinski definition) is 2. The Morgan fingerprint density at radius 2 is 1.31 bits per heavy atom. The smallest absolute Gasteiger partial charge is 0.126 e. The van der Waals surface area contributed by atoms with Crippen LogP contribution in [0.15, 0.2) is 36.4 Å². The van der Waals surface area contributed by atoms with Gasteiger partial charge in [0, 0.05) is 5.56 Å². The number of benzene rings is 2. The van der Waals surface area contributed by atoms with E-state index in [1.807, 2.05) is 26.0 Å². The number of phenolic OH excluding ortho intramolecular Hbond substituents is 2. The van der Waals surface area contributed by atoms with Crippen LogP contribution >= 0.6 is 0 Å². The van der Waals surface area contributed by atoms with Gasteiger partial charge in [0.2, 0.25) is 0 Å². The predicted octanol–water partition coefficient (Wildman–Crippen LogP) is 3.38. The van der Waals surface area contributed by atoms with Gasteiger partial charge in [-0.2, -0.15) is 0 Å². The molecule has 0 amide bonds. The molecule has 0 fully saturated rings. The van der Waals surface area contributed by atoms with Gasteiger partial charge in [-0.15, -0.1) is 0 Å². The molecule has 0 saturated carbocycles. The zero-order valence-electron chi connectivity index (χ0n) is 9.36. The molecule has 2 N–H and O–H groups in total. The van der Waals surface area contributed by atoms with E-state index < -0.39 is 0 Å². The zero-order chi connectivity index (χ0) is 11.7. The highest BCUT2D eigenvalue weighted by Gasteiger charge is 2.09. The van der Waals surface area contributed by atoms with E-state index >= 15 is 0 Å². The molecule has 0 atom stereocenters. The molecular formula is C14H14O2. The number of hydrogen-bond acceptors (Lipinski definition) is 2. The molecule has 0 aliphatic heterocycles. The molecule has 0 aliphatic carbocycles. The summed E-state index contributed by atoms with van der Waals surface area (Å²) in [6, 6.07) is 10.7. The first kappa shape index (κ1) is 10.6. The number of aryl methyl sites for hydroxylation is 2. The molecule has 2 aromatic rings. The Labute approximate surface area is 94.8 Å². The molecule has 0 aromatic heterocycles. The van der Waals surface area contributed by atoms with Crippen molar-refractivity contribution >= 4 is 0 Å². The molecule has 16 heavy (non-hydrogen) atoms. The third kappa shape index (κ3) is 1.74. The monoisotopic (exact) mass is 214 g/mol. The lowest BCUT2D eigenvalue weighted by Crippen LogP contribution is -1.86. The molecule has 2 heteroatoms. The van der Waals surface area contributed by atoms with Gasteiger partial charge in [0.1, 0.15) is 11.5 Å². The fourth-order valence-corrected chi connectivity index (χ4v) is 1.79. The topological polar surface area (TPSA) is 40.5 Å². The second kappa shape index (κ2) is 3.89. The van der Waals surface area contributed by atoms with Crippen LogP contribution in [0.25, 0.3) is 11.1 Å². The second-order valence-corrected chi connectivity index (χ2v) is 3.97. The normalized spacial score (nSPS) is 10.4. The van der Waals surface area contributed by atoms with Crippen molar-refractivity contribution in [3.05, 3.63) is 47.5 Å². The van der Waals surface area contributed by atoms with Crippen LogP contribution in [0.4, 0.5) is 0 Å². The van der Waals surface area contributed by atoms with Crippen molar-refractivity contribution < 1.29 is 10.2 Å². The summed E-state index contributed by atoms with van der Waals surface area (Å²) in [7, 11) is 0. The Balaban J connectivity index is 2.63. The molecule has 2 aromatic carbocycles.